The molecule has 3 rings (SSSR count). The molecule has 0 aromatic carbocycles. The summed E-state index contributed by atoms with van der Waals surface area (Å²) in [7, 11) is 1.47. The van der Waals surface area contributed by atoms with E-state index in [1.165, 1.54) is 23.1 Å². The molecule has 0 fully saturated rings. The first-order valence-corrected chi connectivity index (χ1v) is 7.89. The molecule has 0 saturated carbocycles. The number of hydrogen-bond acceptors (Lipinski definition) is 10. The number of methoxy groups -OCH3 is 1. The summed E-state index contributed by atoms with van der Waals surface area (Å²) in [6, 6.07) is 1.96. The third kappa shape index (κ3) is 3.39. The van der Waals surface area contributed by atoms with E-state index in [-0.39, 0.29) is 23.9 Å². The molecule has 3 N–H and O–H groups in total. The Kier molecular flexibility index (Phi) is 4.81. The van der Waals surface area contributed by atoms with Crippen molar-refractivity contribution in [3.05, 3.63) is 33.3 Å². The second-order valence-corrected chi connectivity index (χ2v) is 5.82. The number of carbonyl (C=O) groups excluding carboxylic acids is 1. The Bertz CT molecular complexity index is 912. The predicted molar refractivity (Wildman–Crippen MR) is 88.5 cm³/mol. The van der Waals surface area contributed by atoms with Crippen LogP contribution in [0.4, 0.5) is 5.82 Å². The average Bonchev–Trinajstić information content (AvgIpc) is 3.29. The van der Waals surface area contributed by atoms with Crippen molar-refractivity contribution in [2.75, 3.05) is 12.8 Å². The van der Waals surface area contributed by atoms with Crippen LogP contribution in [0.3, 0.4) is 0 Å². The van der Waals surface area contributed by atoms with Crippen LogP contribution in [-0.4, -0.2) is 44.5 Å². The highest BCUT2D eigenvalue weighted by atomic mass is 32.1. The number of rotatable bonds is 6. The highest BCUT2D eigenvalue weighted by molar-refractivity contribution is 7.11. The van der Waals surface area contributed by atoms with Crippen molar-refractivity contribution in [1.82, 2.24) is 30.7 Å². The Hall–Kier alpha value is -3.12. The average molecular weight is 362 g/mol. The smallest absolute Gasteiger partial charge is 0.293 e. The summed E-state index contributed by atoms with van der Waals surface area (Å²) in [6.07, 6.45) is 1.57. The van der Waals surface area contributed by atoms with E-state index in [4.69, 9.17) is 10.5 Å². The first kappa shape index (κ1) is 16.7. The molecule has 3 aromatic heterocycles. The van der Waals surface area contributed by atoms with Gasteiger partial charge in [0, 0.05) is 12.0 Å². The molecule has 25 heavy (non-hydrogen) atoms. The quantitative estimate of drug-likeness (QED) is 0.476. The third-order valence-electron chi connectivity index (χ3n) is 3.21. The van der Waals surface area contributed by atoms with Crippen LogP contribution < -0.4 is 11.2 Å². The molecule has 0 aliphatic heterocycles. The Morgan fingerprint density at radius 2 is 2.40 bits per heavy atom. The van der Waals surface area contributed by atoms with Crippen molar-refractivity contribution in [3.63, 3.8) is 0 Å². The lowest BCUT2D eigenvalue weighted by atomic mass is 10.3. The summed E-state index contributed by atoms with van der Waals surface area (Å²) >= 11 is 1.52. The molecule has 0 aliphatic rings. The minimum atomic E-state index is -0.543. The fraction of sp³-hybridized carbons (Fsp3) is 0.231. The van der Waals surface area contributed by atoms with E-state index >= 15 is 0 Å². The highest BCUT2D eigenvalue weighted by Gasteiger charge is 2.23. The molecular formula is C13H14N8O3S. The second kappa shape index (κ2) is 7.19. The van der Waals surface area contributed by atoms with E-state index in [0.29, 0.717) is 5.69 Å². The van der Waals surface area contributed by atoms with Gasteiger partial charge in [-0.25, -0.2) is 10.1 Å². The standard InChI is InChI=1S/C13H14N8O3S/c1-7-3-4-25-9(7)5-15-17-13(22)10-8(6-23-2)21(20-16-10)12-11(14)18-24-19-12/h3-5H,6H2,1-2H3,(H2,14,18)(H,17,22). The van der Waals surface area contributed by atoms with E-state index in [9.17, 15) is 4.79 Å². The number of nitrogens with one attached hydrogen (secondary N) is 1. The number of amides is 1. The lowest BCUT2D eigenvalue weighted by molar-refractivity contribution is 0.0944. The summed E-state index contributed by atoms with van der Waals surface area (Å²) in [5.74, 6) is -0.407. The number of carbonyl (C=O) groups is 1. The minimum absolute atomic E-state index is 0.0143. The van der Waals surface area contributed by atoms with E-state index in [1.807, 2.05) is 18.4 Å². The SMILES string of the molecule is COCc1c(C(=O)NN=Cc2sccc2C)nnn1-c1nonc1N. The number of nitrogens with zero attached hydrogens (tertiary/aromatic N) is 6. The van der Waals surface area contributed by atoms with E-state index in [2.05, 4.69) is 35.8 Å². The molecule has 0 aliphatic carbocycles. The zero-order valence-corrected chi connectivity index (χ0v) is 14.1. The second-order valence-electron chi connectivity index (χ2n) is 4.87. The molecule has 130 valence electrons. The number of anilines is 1. The van der Waals surface area contributed by atoms with Gasteiger partial charge in [-0.3, -0.25) is 4.79 Å². The maximum Gasteiger partial charge on any atom is 0.293 e. The third-order valence-corrected chi connectivity index (χ3v) is 4.16. The maximum atomic E-state index is 12.3. The number of aryl methyl sites for hydroxylation is 1. The molecule has 3 heterocycles. The van der Waals surface area contributed by atoms with E-state index < -0.39 is 5.91 Å². The molecule has 11 nitrogen and oxygen atoms in total. The molecule has 0 atom stereocenters. The molecule has 0 saturated heterocycles. The zero-order chi connectivity index (χ0) is 17.8. The summed E-state index contributed by atoms with van der Waals surface area (Å²) < 4.78 is 10.9. The van der Waals surface area contributed by atoms with Gasteiger partial charge >= 0.3 is 0 Å². The lowest BCUT2D eigenvalue weighted by Gasteiger charge is -2.03. The zero-order valence-electron chi connectivity index (χ0n) is 13.3. The van der Waals surface area contributed by atoms with Gasteiger partial charge in [0.25, 0.3) is 5.91 Å². The number of ether oxygens (including phenoxy) is 1. The largest absolute Gasteiger partial charge is 0.378 e. The molecular weight excluding hydrogens is 348 g/mol. The fourth-order valence-electron chi connectivity index (χ4n) is 1.97. The van der Waals surface area contributed by atoms with Crippen molar-refractivity contribution >= 4 is 29.3 Å². The molecule has 3 aromatic rings. The summed E-state index contributed by atoms with van der Waals surface area (Å²) in [4.78, 5) is 13.3. The van der Waals surface area contributed by atoms with Crippen molar-refractivity contribution in [1.29, 1.82) is 0 Å². The minimum Gasteiger partial charge on any atom is -0.378 e. The van der Waals surface area contributed by atoms with Gasteiger partial charge in [-0.05, 0) is 34.2 Å². The van der Waals surface area contributed by atoms with Crippen LogP contribution in [0.5, 0.6) is 0 Å². The summed E-state index contributed by atoms with van der Waals surface area (Å²) in [5, 5.41) is 20.7. The Labute approximate surface area is 145 Å². The molecule has 0 spiro atoms. The van der Waals surface area contributed by atoms with Crippen molar-refractivity contribution in [2.24, 2.45) is 5.10 Å². The monoisotopic (exact) mass is 362 g/mol. The number of hydrogen-bond donors (Lipinski definition) is 2. The van der Waals surface area contributed by atoms with Crippen molar-refractivity contribution in [2.45, 2.75) is 13.5 Å². The van der Waals surface area contributed by atoms with E-state index in [0.717, 1.165) is 10.4 Å². The van der Waals surface area contributed by atoms with Crippen LogP contribution in [0.2, 0.25) is 0 Å². The van der Waals surface area contributed by atoms with Crippen LogP contribution in [0.25, 0.3) is 5.82 Å². The number of nitrogen functional groups attached to an aromatic ring is 1. The van der Waals surface area contributed by atoms with E-state index in [1.54, 1.807) is 6.21 Å². The van der Waals surface area contributed by atoms with Gasteiger partial charge in [0.05, 0.1) is 12.8 Å². The number of thiophene rings is 1. The summed E-state index contributed by atoms with van der Waals surface area (Å²) in [5.41, 5.74) is 9.51. The maximum absolute atomic E-state index is 12.3. The van der Waals surface area contributed by atoms with Gasteiger partial charge in [0.2, 0.25) is 11.6 Å². The predicted octanol–water partition coefficient (Wildman–Crippen LogP) is 0.513. The molecule has 12 heteroatoms. The normalized spacial score (nSPS) is 11.3. The van der Waals surface area contributed by atoms with Gasteiger partial charge in [0.1, 0.15) is 5.69 Å². The van der Waals surface area contributed by atoms with Crippen LogP contribution in [0, 0.1) is 6.92 Å². The molecule has 1 amide bonds. The number of nitrogens with two attached hydrogens (primary N) is 1. The number of aromatic nitrogens is 5. The van der Waals surface area contributed by atoms with Crippen LogP contribution in [-0.2, 0) is 11.3 Å². The molecule has 0 bridgehead atoms. The van der Waals surface area contributed by atoms with Crippen molar-refractivity contribution in [3.8, 4) is 5.82 Å². The topological polar surface area (TPSA) is 146 Å². The van der Waals surface area contributed by atoms with Crippen LogP contribution in [0.15, 0.2) is 21.2 Å². The summed E-state index contributed by atoms with van der Waals surface area (Å²) in [6.45, 7) is 2.01. The first-order chi connectivity index (χ1) is 12.1. The number of hydrazone groups is 1. The van der Waals surface area contributed by atoms with Gasteiger partial charge < -0.3 is 10.5 Å². The van der Waals surface area contributed by atoms with Gasteiger partial charge in [-0.2, -0.15) is 9.78 Å². The highest BCUT2D eigenvalue weighted by Crippen LogP contribution is 2.16. The van der Waals surface area contributed by atoms with Crippen LogP contribution in [0.1, 0.15) is 26.6 Å². The van der Waals surface area contributed by atoms with Crippen LogP contribution >= 0.6 is 11.3 Å². The van der Waals surface area contributed by atoms with Gasteiger partial charge in [-0.15, -0.1) is 16.4 Å². The first-order valence-electron chi connectivity index (χ1n) is 7.01. The Balaban J connectivity index is 1.83. The Morgan fingerprint density at radius 3 is 3.04 bits per heavy atom. The van der Waals surface area contributed by atoms with Gasteiger partial charge in [0.15, 0.2) is 5.69 Å². The lowest BCUT2D eigenvalue weighted by Crippen LogP contribution is -2.20. The molecule has 0 unspecified atom stereocenters. The van der Waals surface area contributed by atoms with Crippen molar-refractivity contribution < 1.29 is 14.2 Å². The fourth-order valence-corrected chi connectivity index (χ4v) is 2.76. The van der Waals surface area contributed by atoms with Gasteiger partial charge in [-0.1, -0.05) is 5.21 Å². The Morgan fingerprint density at radius 1 is 1.56 bits per heavy atom. The molecule has 0 radical (unpaired) electrons.